The Kier molecular flexibility index (Phi) is 9.22. The minimum atomic E-state index is -3.89. The summed E-state index contributed by atoms with van der Waals surface area (Å²) in [5.41, 5.74) is 8.08. The first kappa shape index (κ1) is 33.2. The molecule has 1 aliphatic carbocycles. The third-order valence-electron chi connectivity index (χ3n) is 9.66. The van der Waals surface area contributed by atoms with E-state index in [4.69, 9.17) is 15.2 Å². The SMILES string of the molecule is CC[C@@H](N)C(=O)OCCS(=O)(=O)Nc1ccc(C(=O)Nc2cc3c(c(N4CCC(F)(F)CC4)n2)OCC3)c(N2CCC3(CC2)CC3)c1. The van der Waals surface area contributed by atoms with E-state index in [2.05, 4.69) is 19.9 Å². The van der Waals surface area contributed by atoms with Gasteiger partial charge in [-0.05, 0) is 61.8 Å². The van der Waals surface area contributed by atoms with Gasteiger partial charge < -0.3 is 30.3 Å². The average Bonchev–Trinajstić information content (AvgIpc) is 3.61. The summed E-state index contributed by atoms with van der Waals surface area (Å²) in [6.45, 7) is 3.53. The summed E-state index contributed by atoms with van der Waals surface area (Å²) >= 11 is 0. The van der Waals surface area contributed by atoms with Crippen LogP contribution in [-0.2, 0) is 26.0 Å². The lowest BCUT2D eigenvalue weighted by Crippen LogP contribution is -2.40. The standard InChI is InChI=1S/C32H42F2N6O6S/c1-2-24(35)30(42)46-17-18-47(43,44)38-22-3-4-23(25(20-22)39-12-8-31(6-7-31)9-13-39)29(41)37-26-19-21-5-16-45-27(21)28(36-26)40-14-10-32(33,34)11-15-40/h3-4,19-20,24,38H,2,5-18,35H2,1H3,(H,36,37,41)/t24-/m1/s1. The third kappa shape index (κ3) is 7.72. The molecule has 0 bridgehead atoms. The van der Waals surface area contributed by atoms with E-state index < -0.39 is 39.6 Å². The molecule has 4 aliphatic rings. The molecule has 6 rings (SSSR count). The number of benzene rings is 1. The third-order valence-corrected chi connectivity index (χ3v) is 10.9. The number of amides is 1. The molecule has 4 N–H and O–H groups in total. The first-order valence-corrected chi connectivity index (χ1v) is 17.9. The van der Waals surface area contributed by atoms with Gasteiger partial charge in [-0.15, -0.1) is 0 Å². The average molecular weight is 677 g/mol. The van der Waals surface area contributed by atoms with E-state index in [1.165, 1.54) is 18.9 Å². The fourth-order valence-electron chi connectivity index (χ4n) is 6.39. The minimum Gasteiger partial charge on any atom is -0.489 e. The summed E-state index contributed by atoms with van der Waals surface area (Å²) in [6.07, 6.45) is 4.79. The van der Waals surface area contributed by atoms with Crippen LogP contribution in [0.1, 0.15) is 67.8 Å². The number of alkyl halides is 2. The molecule has 47 heavy (non-hydrogen) atoms. The van der Waals surface area contributed by atoms with Crippen molar-refractivity contribution in [3.63, 3.8) is 0 Å². The lowest BCUT2D eigenvalue weighted by Gasteiger charge is -2.35. The number of nitrogens with zero attached hydrogens (tertiary/aromatic N) is 3. The van der Waals surface area contributed by atoms with Crippen LogP contribution in [0.5, 0.6) is 5.75 Å². The highest BCUT2D eigenvalue weighted by molar-refractivity contribution is 7.92. The van der Waals surface area contributed by atoms with Gasteiger partial charge in [0.1, 0.15) is 24.2 Å². The maximum absolute atomic E-state index is 13.9. The lowest BCUT2D eigenvalue weighted by molar-refractivity contribution is -0.144. The highest BCUT2D eigenvalue weighted by Crippen LogP contribution is 2.54. The first-order chi connectivity index (χ1) is 22.4. The first-order valence-electron chi connectivity index (χ1n) is 16.3. The Morgan fingerprint density at radius 3 is 2.45 bits per heavy atom. The monoisotopic (exact) mass is 676 g/mol. The zero-order chi connectivity index (χ0) is 33.4. The minimum absolute atomic E-state index is 0.125. The van der Waals surface area contributed by atoms with Crippen molar-refractivity contribution in [1.29, 1.82) is 0 Å². The quantitative estimate of drug-likeness (QED) is 0.299. The van der Waals surface area contributed by atoms with Gasteiger partial charge in [0.2, 0.25) is 10.0 Å². The van der Waals surface area contributed by atoms with Gasteiger partial charge >= 0.3 is 5.97 Å². The van der Waals surface area contributed by atoms with Gasteiger partial charge in [-0.2, -0.15) is 0 Å². The molecule has 1 aromatic heterocycles. The Morgan fingerprint density at radius 2 is 1.77 bits per heavy atom. The van der Waals surface area contributed by atoms with E-state index in [1.54, 1.807) is 30.0 Å². The normalized spacial score (nSPS) is 20.3. The maximum atomic E-state index is 13.9. The van der Waals surface area contributed by atoms with Crippen LogP contribution in [0.2, 0.25) is 0 Å². The Bertz CT molecular complexity index is 1620. The maximum Gasteiger partial charge on any atom is 0.322 e. The predicted octanol–water partition coefficient (Wildman–Crippen LogP) is 3.91. The Balaban J connectivity index is 1.21. The van der Waals surface area contributed by atoms with Crippen LogP contribution in [0.3, 0.4) is 0 Å². The summed E-state index contributed by atoms with van der Waals surface area (Å²) in [6, 6.07) is 5.69. The number of hydrogen-bond acceptors (Lipinski definition) is 10. The molecule has 4 heterocycles. The van der Waals surface area contributed by atoms with Crippen molar-refractivity contribution >= 4 is 44.9 Å². The molecule has 1 saturated carbocycles. The molecule has 1 aromatic carbocycles. The number of carbonyl (C=O) groups is 2. The fraction of sp³-hybridized carbons (Fsp3) is 0.594. The number of nitrogens with one attached hydrogen (secondary N) is 2. The molecule has 15 heteroatoms. The number of aromatic nitrogens is 1. The molecule has 1 amide bonds. The van der Waals surface area contributed by atoms with E-state index in [0.717, 1.165) is 31.5 Å². The van der Waals surface area contributed by atoms with Crippen LogP contribution in [0, 0.1) is 5.41 Å². The summed E-state index contributed by atoms with van der Waals surface area (Å²) in [7, 11) is -3.89. The fourth-order valence-corrected chi connectivity index (χ4v) is 7.28. The van der Waals surface area contributed by atoms with E-state index in [-0.39, 0.29) is 44.0 Å². The summed E-state index contributed by atoms with van der Waals surface area (Å²) in [5.74, 6) is -2.96. The second-order valence-corrected chi connectivity index (χ2v) is 14.9. The van der Waals surface area contributed by atoms with E-state index >= 15 is 0 Å². The van der Waals surface area contributed by atoms with Gasteiger partial charge in [0, 0.05) is 51.0 Å². The van der Waals surface area contributed by atoms with E-state index in [0.29, 0.717) is 47.7 Å². The molecular weight excluding hydrogens is 634 g/mol. The largest absolute Gasteiger partial charge is 0.489 e. The predicted molar refractivity (Wildman–Crippen MR) is 174 cm³/mol. The molecule has 12 nitrogen and oxygen atoms in total. The van der Waals surface area contributed by atoms with Crippen LogP contribution in [-0.4, -0.2) is 82.4 Å². The van der Waals surface area contributed by atoms with Crippen molar-refractivity contribution in [1.82, 2.24) is 4.98 Å². The van der Waals surface area contributed by atoms with E-state index in [1.807, 2.05) is 0 Å². The van der Waals surface area contributed by atoms with Gasteiger partial charge in [-0.3, -0.25) is 14.3 Å². The van der Waals surface area contributed by atoms with Gasteiger partial charge in [0.05, 0.1) is 23.5 Å². The van der Waals surface area contributed by atoms with Gasteiger partial charge in [-0.1, -0.05) is 6.92 Å². The molecule has 3 aliphatic heterocycles. The summed E-state index contributed by atoms with van der Waals surface area (Å²) < 4.78 is 66.9. The van der Waals surface area contributed by atoms with Crippen LogP contribution in [0.4, 0.5) is 31.8 Å². The number of nitrogens with two attached hydrogens (primary N) is 1. The molecule has 1 atom stereocenters. The zero-order valence-electron chi connectivity index (χ0n) is 26.5. The molecule has 0 radical (unpaired) electrons. The number of anilines is 4. The van der Waals surface area contributed by atoms with Crippen LogP contribution >= 0.6 is 0 Å². The summed E-state index contributed by atoms with van der Waals surface area (Å²) in [4.78, 5) is 34.2. The molecule has 2 aromatic rings. The topological polar surface area (TPSA) is 156 Å². The van der Waals surface area contributed by atoms with Crippen LogP contribution in [0.25, 0.3) is 0 Å². The number of piperidine rings is 2. The van der Waals surface area contributed by atoms with E-state index in [9.17, 15) is 26.8 Å². The molecule has 1 spiro atoms. The van der Waals surface area contributed by atoms with Crippen LogP contribution in [0.15, 0.2) is 24.3 Å². The molecule has 0 unspecified atom stereocenters. The highest BCUT2D eigenvalue weighted by Gasteiger charge is 2.45. The van der Waals surface area contributed by atoms with Crippen molar-refractivity contribution in [3.8, 4) is 5.75 Å². The van der Waals surface area contributed by atoms with Crippen molar-refractivity contribution in [3.05, 3.63) is 35.4 Å². The number of pyridine rings is 1. The van der Waals surface area contributed by atoms with Crippen LogP contribution < -0.4 is 30.3 Å². The number of carbonyl (C=O) groups excluding carboxylic acids is 2. The number of fused-ring (bicyclic) bond motifs is 1. The Morgan fingerprint density at radius 1 is 1.06 bits per heavy atom. The number of hydrogen-bond donors (Lipinski definition) is 3. The van der Waals surface area contributed by atoms with Crippen molar-refractivity contribution in [2.45, 2.75) is 70.3 Å². The smallest absolute Gasteiger partial charge is 0.322 e. The van der Waals surface area contributed by atoms with Crippen molar-refractivity contribution in [2.75, 3.05) is 65.0 Å². The molecule has 2 saturated heterocycles. The van der Waals surface area contributed by atoms with Crippen molar-refractivity contribution < 1.29 is 36.3 Å². The number of halogens is 2. The second-order valence-electron chi connectivity index (χ2n) is 13.0. The van der Waals surface area contributed by atoms with Gasteiger partial charge in [-0.25, -0.2) is 22.2 Å². The molecule has 256 valence electrons. The summed E-state index contributed by atoms with van der Waals surface area (Å²) in [5, 5.41) is 2.91. The number of sulfonamides is 1. The lowest BCUT2D eigenvalue weighted by atomic mass is 9.93. The highest BCUT2D eigenvalue weighted by atomic mass is 32.2. The number of ether oxygens (including phenoxy) is 2. The van der Waals surface area contributed by atoms with Gasteiger partial charge in [0.15, 0.2) is 11.6 Å². The molecular formula is C32H42F2N6O6S. The zero-order valence-corrected chi connectivity index (χ0v) is 27.3. The number of esters is 1. The van der Waals surface area contributed by atoms with Gasteiger partial charge in [0.25, 0.3) is 11.8 Å². The Labute approximate surface area is 273 Å². The molecule has 3 fully saturated rings. The number of rotatable bonds is 11. The van der Waals surface area contributed by atoms with Crippen molar-refractivity contribution in [2.24, 2.45) is 11.1 Å². The Hall–Kier alpha value is -3.72. The second kappa shape index (κ2) is 13.1.